The predicted molar refractivity (Wildman–Crippen MR) is 478 cm³/mol. The molecule has 28 nitrogen and oxygen atoms in total. The van der Waals surface area contributed by atoms with Crippen LogP contribution in [-0.4, -0.2) is 159 Å². The fourth-order valence-corrected chi connectivity index (χ4v) is 12.4. The first-order valence-corrected chi connectivity index (χ1v) is 44.0. The van der Waals surface area contributed by atoms with Crippen molar-refractivity contribution in [2.24, 2.45) is 5.92 Å². The Bertz CT molecular complexity index is 5840. The average Bonchev–Trinajstić information content (AvgIpc) is 0.760. The van der Waals surface area contributed by atoms with Gasteiger partial charge in [0.1, 0.15) is 47.2 Å². The molecule has 0 aliphatic rings. The summed E-state index contributed by atoms with van der Waals surface area (Å²) in [6.07, 6.45) is 2.85. The smallest absolute Gasteiger partial charge is 0.550 e. The van der Waals surface area contributed by atoms with Gasteiger partial charge in [0, 0.05) is 35.7 Å². The van der Waals surface area contributed by atoms with Gasteiger partial charge in [0.25, 0.3) is 0 Å². The Morgan fingerprint density at radius 1 is 0.361 bits per heavy atom. The van der Waals surface area contributed by atoms with Crippen molar-refractivity contribution in [1.82, 2.24) is 24.9 Å². The largest absolute Gasteiger partial charge is 1.00 e. The van der Waals surface area contributed by atoms with Crippen LogP contribution in [0.4, 0.5) is 70.7 Å². The first kappa shape index (κ1) is 127. The van der Waals surface area contributed by atoms with Crippen LogP contribution < -0.4 is 56.5 Å². The second kappa shape index (κ2) is 66.7. The first-order valence-electron chi connectivity index (χ1n) is 42.5. The van der Waals surface area contributed by atoms with Crippen LogP contribution in [0.5, 0.6) is 0 Å². The van der Waals surface area contributed by atoms with E-state index in [0.29, 0.717) is 23.1 Å². The fraction of sp³-hybridized carbons (Fsp3) is 0.306. The molecule has 0 bridgehead atoms. The van der Waals surface area contributed by atoms with Crippen LogP contribution in [-0.2, 0) is 132 Å². The van der Waals surface area contributed by atoms with E-state index in [1.54, 1.807) is 41.5 Å². The Morgan fingerprint density at radius 2 is 0.667 bits per heavy atom. The second-order valence-corrected chi connectivity index (χ2v) is 29.5. The van der Waals surface area contributed by atoms with Gasteiger partial charge in [-0.3, -0.25) is 77.7 Å². The van der Waals surface area contributed by atoms with E-state index < -0.39 is 212 Å². The molecule has 5 aromatic carbocycles. The van der Waals surface area contributed by atoms with Gasteiger partial charge >= 0.3 is 105 Å². The van der Waals surface area contributed by atoms with Gasteiger partial charge in [-0.05, 0) is 231 Å². The summed E-state index contributed by atoms with van der Waals surface area (Å²) in [5.74, 6) is -30.1. The van der Waals surface area contributed by atoms with E-state index in [1.165, 1.54) is 81.4 Å². The predicted octanol–water partition coefficient (Wildman–Crippen LogP) is 13.9. The molecule has 46 heteroatoms. The van der Waals surface area contributed by atoms with Crippen LogP contribution in [0, 0.1) is 93.2 Å². The van der Waals surface area contributed by atoms with E-state index in [-0.39, 0.29) is 162 Å². The molecule has 0 saturated heterocycles. The van der Waals surface area contributed by atoms with E-state index in [1.807, 2.05) is 0 Å². The van der Waals surface area contributed by atoms with E-state index in [9.17, 15) is 138 Å². The first-order chi connectivity index (χ1) is 67.7. The zero-order valence-electron chi connectivity index (χ0n) is 78.4. The minimum absolute atomic E-state index is 0. The SMILES string of the molecule is CC(=O)CC(=O)[O-].CCOC(=O)C(C(=O)OCC)C(=O)C(Cc1ccc(F)c(F)c1)c1ccc(F)cn1.CCOC(=O)C(C(=O)OCC)c1ccc(F)cn1.CCOC(=O)C(Cc1ccc(F)c(F)c1)(C(=O)OCC)c1ccc(F)cn1.CCOC(=O)CC(=O)C(Cc1ccc(F)c(F)c1)c1ccc(F)cn1.CCOC(=O)Cl.Fc1ccc(CBr)cc1F.O=C(O)C(Cc1ccc(F)c(F)c1)c1ccc(F)cn1.[K+]. The van der Waals surface area contributed by atoms with Gasteiger partial charge in [-0.2, -0.15) is 0 Å². The number of esters is 7. The molecule has 3 atom stereocenters. The van der Waals surface area contributed by atoms with Crippen LogP contribution in [0.3, 0.4) is 0 Å². The van der Waals surface area contributed by atoms with Crippen molar-refractivity contribution in [3.63, 3.8) is 0 Å². The molecule has 5 heterocycles. The quantitative estimate of drug-likeness (QED) is 0.00724. The van der Waals surface area contributed by atoms with Crippen LogP contribution >= 0.6 is 27.5 Å². The Hall–Kier alpha value is -13.1. The number of carboxylic acid groups (broad SMARTS) is 2. The van der Waals surface area contributed by atoms with Gasteiger partial charge < -0.3 is 52.9 Å². The number of alkyl halides is 1. The summed E-state index contributed by atoms with van der Waals surface area (Å²) in [4.78, 5) is 170. The molecule has 0 aliphatic carbocycles. The number of ketones is 3. The zero-order chi connectivity index (χ0) is 107. The van der Waals surface area contributed by atoms with E-state index in [0.717, 1.165) is 128 Å². The Labute approximate surface area is 870 Å². The number of ether oxygens (including phenoxy) is 8. The number of pyridine rings is 5. The molecule has 3 unspecified atom stereocenters. The van der Waals surface area contributed by atoms with E-state index >= 15 is 0 Å². The molecule has 0 fully saturated rings. The summed E-state index contributed by atoms with van der Waals surface area (Å²) < 4.78 is 234. The molecule has 0 amide bonds. The zero-order valence-corrected chi connectivity index (χ0v) is 83.9. The molecule has 0 saturated carbocycles. The van der Waals surface area contributed by atoms with E-state index in [2.05, 4.69) is 45.6 Å². The van der Waals surface area contributed by atoms with Crippen molar-refractivity contribution in [2.45, 2.75) is 135 Å². The third kappa shape index (κ3) is 44.0. The molecule has 1 N–H and O–H groups in total. The third-order valence-corrected chi connectivity index (χ3v) is 19.1. The monoisotopic (exact) mass is 2150 g/mol. The van der Waals surface area contributed by atoms with Crippen LogP contribution in [0.25, 0.3) is 0 Å². The van der Waals surface area contributed by atoms with Crippen molar-refractivity contribution in [3.05, 3.63) is 326 Å². The third-order valence-electron chi connectivity index (χ3n) is 18.3. The Kier molecular flexibility index (Phi) is 58.8. The minimum atomic E-state index is -2.09. The Morgan fingerprint density at radius 3 is 0.965 bits per heavy atom. The molecule has 10 rings (SSSR count). The number of rotatable bonds is 36. The topological polar surface area (TPSA) is 403 Å². The normalized spacial score (nSPS) is 11.0. The van der Waals surface area contributed by atoms with Crippen LogP contribution in [0.1, 0.15) is 155 Å². The molecule has 0 aliphatic heterocycles. The van der Waals surface area contributed by atoms with Gasteiger partial charge in [0.05, 0.1) is 124 Å². The number of Topliss-reactive ketones (excluding diaryl/α,β-unsaturated/α-hetero) is 3. The number of hydrogen-bond donors (Lipinski definition) is 1. The summed E-state index contributed by atoms with van der Waals surface area (Å²) in [5.41, 5.74) is -0.645. The number of carboxylic acids is 2. The average molecular weight is 2150 g/mol. The number of aromatic nitrogens is 5. The summed E-state index contributed by atoms with van der Waals surface area (Å²) in [5, 5.41) is 19.2. The number of benzene rings is 5. The number of carbonyl (C=O) groups is 13. The molecular formula is C98H93BrClF15KN5O23. The van der Waals surface area contributed by atoms with Crippen molar-refractivity contribution < 1.29 is 228 Å². The summed E-state index contributed by atoms with van der Waals surface area (Å²) in [6, 6.07) is 27.9. The number of aliphatic carboxylic acids is 2. The maximum absolute atomic E-state index is 13.6. The molecule has 0 spiro atoms. The van der Waals surface area contributed by atoms with Crippen molar-refractivity contribution in [3.8, 4) is 0 Å². The molecule has 0 radical (unpaired) electrons. The van der Waals surface area contributed by atoms with Crippen molar-refractivity contribution >= 4 is 104 Å². The fourth-order valence-electron chi connectivity index (χ4n) is 11.9. The van der Waals surface area contributed by atoms with Crippen LogP contribution in [0.2, 0.25) is 0 Å². The second-order valence-electron chi connectivity index (χ2n) is 28.6. The van der Waals surface area contributed by atoms with Gasteiger partial charge in [0.2, 0.25) is 11.3 Å². The maximum atomic E-state index is 13.6. The minimum Gasteiger partial charge on any atom is -0.550 e. The Balaban J connectivity index is 0.000000578. The van der Waals surface area contributed by atoms with Crippen molar-refractivity contribution in [1.29, 1.82) is 0 Å². The maximum Gasteiger partial charge on any atom is 1.00 e. The molecular weight excluding hydrogens is 2050 g/mol. The summed E-state index contributed by atoms with van der Waals surface area (Å²) in [6.45, 7) is 14.4. The standard InChI is InChI=1S/C21H20F3NO5.C19H18F3NO4.C18H16F3NO3.C14H10F3NO2.C12H14FNO4.C7H5BrF2.C4H6O3.C3H5ClO2.K/c1-3-29-20(27)18(21(28)30-4-2)19(26)14(17-8-6-13(22)11-25-17)9-12-5-7-15(23)16(24)10-12;1-3-26-17(24)19(18(25)27-4-2,16-8-6-13(20)11-23-16)10-12-5-7-14(21)15(22)9-12;1-2-25-18(24)9-17(23)13(16-6-4-12(19)10-22-16)7-11-3-5-14(20)15(21)8-11;15-9-2-4-13(18-7-9)10(14(19)20)5-8-1-3-11(16)12(17)6-8;1-3-17-11(15)10(12(16)18-4-2)9-6-5-8(13)7-14-9;8-4-5-1-2-6(9)7(10)3-5;1-3(5)2-4(6)7;1-2-6-3(4)5;/h5-8,10-11,14,18H,3-4,9H2,1-2H3;5-9,11H,3-4,10H2,1-2H3;3-6,8,10,13H,2,7,9H2,1H3;1-4,6-7,10H,5H2,(H,19,20);5-7,10H,3-4H2,1-2H3;1-3H,4H2;2H2,1H3,(H,6,7);2H2,1H3;/q;;;;;;;;+1/p-1. The van der Waals surface area contributed by atoms with Gasteiger partial charge in [-0.25, -0.2) is 70.7 Å². The van der Waals surface area contributed by atoms with Gasteiger partial charge in [0.15, 0.2) is 75.7 Å². The molecule has 5 aromatic heterocycles. The van der Waals surface area contributed by atoms with Crippen molar-refractivity contribution in [2.75, 3.05) is 52.9 Å². The summed E-state index contributed by atoms with van der Waals surface area (Å²) >= 11 is 7.84. The van der Waals surface area contributed by atoms with Gasteiger partial charge in [-0.15, -0.1) is 0 Å². The molecule has 144 heavy (non-hydrogen) atoms. The van der Waals surface area contributed by atoms with Crippen LogP contribution in [0.15, 0.2) is 183 Å². The number of nitrogens with zero attached hydrogens (tertiary/aromatic N) is 5. The number of halogens is 17. The van der Waals surface area contributed by atoms with E-state index in [4.69, 9.17) is 44.8 Å². The number of carbonyl (C=O) groups excluding carboxylic acids is 12. The van der Waals surface area contributed by atoms with Gasteiger partial charge in [-0.1, -0.05) is 46.3 Å². The molecule has 768 valence electrons. The number of hydrogen-bond acceptors (Lipinski definition) is 27. The summed E-state index contributed by atoms with van der Waals surface area (Å²) in [7, 11) is 0. The molecule has 10 aromatic rings.